The quantitative estimate of drug-likeness (QED) is 0.680. The summed E-state index contributed by atoms with van der Waals surface area (Å²) in [6.07, 6.45) is 4.93. The van der Waals surface area contributed by atoms with Gasteiger partial charge in [0, 0.05) is 37.2 Å². The number of morpholine rings is 1. The average Bonchev–Trinajstić information content (AvgIpc) is 3.29. The van der Waals surface area contributed by atoms with Crippen molar-refractivity contribution in [2.75, 3.05) is 31.6 Å². The number of nitrogens with zero attached hydrogens (tertiary/aromatic N) is 4. The number of aromatic nitrogens is 3. The number of amides is 1. The zero-order valence-electron chi connectivity index (χ0n) is 15.4. The molecule has 1 N–H and O–H groups in total. The Labute approximate surface area is 168 Å². The maximum Gasteiger partial charge on any atom is 0.255 e. The van der Waals surface area contributed by atoms with Gasteiger partial charge in [-0.15, -0.1) is 0 Å². The monoisotopic (exact) mass is 413 g/mol. The van der Waals surface area contributed by atoms with Crippen LogP contribution in [0.1, 0.15) is 10.4 Å². The lowest BCUT2D eigenvalue weighted by molar-refractivity contribution is 0.0730. The molecule has 0 saturated carbocycles. The van der Waals surface area contributed by atoms with E-state index in [1.54, 1.807) is 48.9 Å². The number of pyridine rings is 1. The first-order chi connectivity index (χ1) is 14.1. The van der Waals surface area contributed by atoms with Crippen molar-refractivity contribution in [1.82, 2.24) is 19.1 Å². The van der Waals surface area contributed by atoms with Gasteiger partial charge >= 0.3 is 0 Å². The van der Waals surface area contributed by atoms with Gasteiger partial charge in [0.15, 0.2) is 5.82 Å². The molecule has 0 radical (unpaired) electrons. The van der Waals surface area contributed by atoms with E-state index < -0.39 is 15.9 Å². The molecule has 9 nitrogen and oxygen atoms in total. The molecule has 10 heteroatoms. The second-order valence-corrected chi connectivity index (χ2v) is 8.26. The van der Waals surface area contributed by atoms with E-state index in [1.807, 2.05) is 0 Å². The molecule has 29 heavy (non-hydrogen) atoms. The fourth-order valence-corrected chi connectivity index (χ4v) is 4.45. The van der Waals surface area contributed by atoms with E-state index in [1.165, 1.54) is 21.1 Å². The second-order valence-electron chi connectivity index (χ2n) is 6.32. The van der Waals surface area contributed by atoms with Crippen molar-refractivity contribution in [1.29, 1.82) is 0 Å². The highest BCUT2D eigenvalue weighted by Gasteiger charge is 2.27. The lowest BCUT2D eigenvalue weighted by Gasteiger charge is -2.26. The summed E-state index contributed by atoms with van der Waals surface area (Å²) in [5, 5.41) is 6.92. The number of sulfonamides is 1. The van der Waals surface area contributed by atoms with Crippen LogP contribution < -0.4 is 5.32 Å². The maximum absolute atomic E-state index is 12.8. The van der Waals surface area contributed by atoms with Gasteiger partial charge in [-0.3, -0.25) is 4.79 Å². The van der Waals surface area contributed by atoms with Crippen LogP contribution in [0.4, 0.5) is 5.69 Å². The third-order valence-corrected chi connectivity index (χ3v) is 6.35. The van der Waals surface area contributed by atoms with E-state index in [9.17, 15) is 13.2 Å². The lowest BCUT2D eigenvalue weighted by Crippen LogP contribution is -2.40. The fourth-order valence-electron chi connectivity index (χ4n) is 3.00. The largest absolute Gasteiger partial charge is 0.379 e. The van der Waals surface area contributed by atoms with E-state index in [0.29, 0.717) is 37.8 Å². The van der Waals surface area contributed by atoms with Crippen LogP contribution >= 0.6 is 0 Å². The van der Waals surface area contributed by atoms with Crippen molar-refractivity contribution in [2.24, 2.45) is 0 Å². The van der Waals surface area contributed by atoms with Crippen LogP contribution in [0.3, 0.4) is 0 Å². The van der Waals surface area contributed by atoms with Gasteiger partial charge in [0.2, 0.25) is 10.0 Å². The minimum atomic E-state index is -3.69. The summed E-state index contributed by atoms with van der Waals surface area (Å²) >= 11 is 0. The van der Waals surface area contributed by atoms with Crippen LogP contribution in [0.15, 0.2) is 66.0 Å². The van der Waals surface area contributed by atoms with Gasteiger partial charge in [0.05, 0.1) is 23.8 Å². The highest BCUT2D eigenvalue weighted by molar-refractivity contribution is 7.89. The van der Waals surface area contributed by atoms with Crippen LogP contribution in [0.25, 0.3) is 5.82 Å². The van der Waals surface area contributed by atoms with E-state index >= 15 is 0 Å². The van der Waals surface area contributed by atoms with E-state index in [2.05, 4.69) is 15.4 Å². The molecule has 0 aliphatic carbocycles. The number of carbonyl (C=O) groups is 1. The molecule has 1 aliphatic rings. The van der Waals surface area contributed by atoms with Crippen molar-refractivity contribution in [2.45, 2.75) is 4.90 Å². The Hall–Kier alpha value is -3.08. The Morgan fingerprint density at radius 3 is 2.66 bits per heavy atom. The molecule has 3 aromatic rings. The molecule has 0 unspecified atom stereocenters. The second kappa shape index (κ2) is 8.11. The zero-order chi connectivity index (χ0) is 20.3. The molecule has 150 valence electrons. The van der Waals surface area contributed by atoms with Gasteiger partial charge in [-0.2, -0.15) is 9.40 Å². The summed E-state index contributed by atoms with van der Waals surface area (Å²) in [7, 11) is -3.69. The van der Waals surface area contributed by atoms with E-state index in [0.717, 1.165) is 0 Å². The molecule has 1 aromatic carbocycles. The third-order valence-electron chi connectivity index (χ3n) is 4.46. The number of carbonyl (C=O) groups excluding carboxylic acids is 1. The number of hydrogen-bond donors (Lipinski definition) is 1. The highest BCUT2D eigenvalue weighted by Crippen LogP contribution is 2.21. The van der Waals surface area contributed by atoms with Gasteiger partial charge in [0.1, 0.15) is 0 Å². The van der Waals surface area contributed by atoms with Gasteiger partial charge in [-0.25, -0.2) is 18.1 Å². The molecule has 3 heterocycles. The van der Waals surface area contributed by atoms with E-state index in [-0.39, 0.29) is 10.5 Å². The zero-order valence-corrected chi connectivity index (χ0v) is 16.2. The Kier molecular flexibility index (Phi) is 5.38. The molecule has 1 amide bonds. The standard InChI is InChI=1S/C19H19N5O4S/c25-19(22-17-6-2-7-20-18(17)24-9-3-8-21-24)15-4-1-5-16(14-15)29(26,27)23-10-12-28-13-11-23/h1-9,14H,10-13H2,(H,22,25). The molecule has 1 fully saturated rings. The summed E-state index contributed by atoms with van der Waals surface area (Å²) in [5.74, 6) is 0.0216. The number of ether oxygens (including phenoxy) is 1. The van der Waals surface area contributed by atoms with Crippen LogP contribution in [0.5, 0.6) is 0 Å². The molecule has 2 aromatic heterocycles. The average molecular weight is 413 g/mol. The topological polar surface area (TPSA) is 106 Å². The smallest absolute Gasteiger partial charge is 0.255 e. The van der Waals surface area contributed by atoms with Crippen LogP contribution in [0, 0.1) is 0 Å². The molecular formula is C19H19N5O4S. The van der Waals surface area contributed by atoms with Crippen LogP contribution in [-0.4, -0.2) is 59.7 Å². The minimum absolute atomic E-state index is 0.0746. The van der Waals surface area contributed by atoms with Crippen molar-refractivity contribution in [3.8, 4) is 5.82 Å². The van der Waals surface area contributed by atoms with Gasteiger partial charge in [-0.1, -0.05) is 6.07 Å². The number of hydrogen-bond acceptors (Lipinski definition) is 6. The van der Waals surface area contributed by atoms with Gasteiger partial charge in [-0.05, 0) is 36.4 Å². The highest BCUT2D eigenvalue weighted by atomic mass is 32.2. The number of anilines is 1. The first kappa shape index (κ1) is 19.2. The summed E-state index contributed by atoms with van der Waals surface area (Å²) in [6.45, 7) is 1.30. The summed E-state index contributed by atoms with van der Waals surface area (Å²) < 4.78 is 33.8. The first-order valence-corrected chi connectivity index (χ1v) is 10.4. The molecule has 4 rings (SSSR count). The van der Waals surface area contributed by atoms with Crippen molar-refractivity contribution in [3.63, 3.8) is 0 Å². The lowest BCUT2D eigenvalue weighted by atomic mass is 10.2. The molecule has 0 bridgehead atoms. The molecule has 0 atom stereocenters. The molecule has 0 spiro atoms. The van der Waals surface area contributed by atoms with Crippen LogP contribution in [-0.2, 0) is 14.8 Å². The Morgan fingerprint density at radius 2 is 1.90 bits per heavy atom. The third kappa shape index (κ3) is 4.04. The Morgan fingerprint density at radius 1 is 1.07 bits per heavy atom. The normalized spacial score (nSPS) is 15.2. The maximum atomic E-state index is 12.8. The summed E-state index contributed by atoms with van der Waals surface area (Å²) in [4.78, 5) is 17.1. The predicted molar refractivity (Wildman–Crippen MR) is 105 cm³/mol. The number of benzene rings is 1. The SMILES string of the molecule is O=C(Nc1cccnc1-n1cccn1)c1cccc(S(=O)(=O)N2CCOCC2)c1. The Balaban J connectivity index is 1.59. The molecular weight excluding hydrogens is 394 g/mol. The first-order valence-electron chi connectivity index (χ1n) is 9.00. The van der Waals surface area contributed by atoms with Crippen molar-refractivity contribution >= 4 is 21.6 Å². The predicted octanol–water partition coefficient (Wildman–Crippen LogP) is 1.54. The fraction of sp³-hybridized carbons (Fsp3) is 0.211. The van der Waals surface area contributed by atoms with Crippen molar-refractivity contribution in [3.05, 3.63) is 66.6 Å². The summed E-state index contributed by atoms with van der Waals surface area (Å²) in [6, 6.07) is 11.1. The molecule has 1 saturated heterocycles. The van der Waals surface area contributed by atoms with E-state index in [4.69, 9.17) is 4.74 Å². The number of rotatable bonds is 5. The van der Waals surface area contributed by atoms with Crippen LogP contribution in [0.2, 0.25) is 0 Å². The Bertz CT molecular complexity index is 1110. The number of nitrogens with one attached hydrogen (secondary N) is 1. The van der Waals surface area contributed by atoms with Gasteiger partial charge in [0.25, 0.3) is 5.91 Å². The molecule has 1 aliphatic heterocycles. The minimum Gasteiger partial charge on any atom is -0.379 e. The van der Waals surface area contributed by atoms with Gasteiger partial charge < -0.3 is 10.1 Å². The summed E-state index contributed by atoms with van der Waals surface area (Å²) in [5.41, 5.74) is 0.692. The van der Waals surface area contributed by atoms with Crippen molar-refractivity contribution < 1.29 is 17.9 Å².